The lowest BCUT2D eigenvalue weighted by Crippen LogP contribution is -2.30. The minimum Gasteiger partial charge on any atom is -0.870 e. The van der Waals surface area contributed by atoms with Crippen LogP contribution in [0.4, 0.5) is 0 Å². The van der Waals surface area contributed by atoms with Crippen LogP contribution in [-0.4, -0.2) is 28.4 Å². The fourth-order valence-corrected chi connectivity index (χ4v) is 1.34. The van der Waals surface area contributed by atoms with E-state index in [1.165, 1.54) is 6.92 Å². The second-order valence-corrected chi connectivity index (χ2v) is 3.29. The highest BCUT2D eigenvalue weighted by molar-refractivity contribution is 5.99. The Labute approximate surface area is 93.8 Å². The summed E-state index contributed by atoms with van der Waals surface area (Å²) in [5.41, 5.74) is 0. The minimum atomic E-state index is -0.869. The van der Waals surface area contributed by atoms with E-state index in [4.69, 9.17) is 4.74 Å². The zero-order chi connectivity index (χ0) is 11.4. The molecule has 0 aromatic carbocycles. The number of ketones is 1. The van der Waals surface area contributed by atoms with Gasteiger partial charge in [-0.15, -0.1) is 0 Å². The molecule has 0 saturated carbocycles. The standard InChI is InChI=1S/C10H15N2O3.H2O/c1-4-15-10(14)9(8(2)13)12-6-5-11(3)7-12;/h5-7,9H,4H2,1-3H3;1H2/q+1;/p-1. The number of aryl methyl sites for hydroxylation is 1. The molecule has 0 aliphatic heterocycles. The number of carbonyl (C=O) groups is 2. The van der Waals surface area contributed by atoms with Gasteiger partial charge in [-0.1, -0.05) is 0 Å². The maximum atomic E-state index is 11.5. The van der Waals surface area contributed by atoms with Gasteiger partial charge in [0.25, 0.3) is 6.04 Å². The third-order valence-electron chi connectivity index (χ3n) is 1.98. The number of ether oxygens (including phenoxy) is 1. The molecule has 0 saturated heterocycles. The number of hydrogen-bond acceptors (Lipinski definition) is 4. The third kappa shape index (κ3) is 3.16. The molecule has 0 amide bonds. The Morgan fingerprint density at radius 2 is 2.12 bits per heavy atom. The highest BCUT2D eigenvalue weighted by atomic mass is 16.5. The van der Waals surface area contributed by atoms with E-state index in [1.807, 2.05) is 7.05 Å². The van der Waals surface area contributed by atoms with Gasteiger partial charge in [0.1, 0.15) is 12.4 Å². The van der Waals surface area contributed by atoms with Gasteiger partial charge in [0.2, 0.25) is 6.33 Å². The molecule has 1 aromatic heterocycles. The van der Waals surface area contributed by atoms with Crippen LogP contribution in [0, 0.1) is 0 Å². The number of imidazole rings is 1. The third-order valence-corrected chi connectivity index (χ3v) is 1.98. The molecule has 0 bridgehead atoms. The molecule has 1 heterocycles. The molecule has 1 unspecified atom stereocenters. The molecule has 90 valence electrons. The van der Waals surface area contributed by atoms with Gasteiger partial charge in [0.05, 0.1) is 13.7 Å². The maximum absolute atomic E-state index is 11.5. The lowest BCUT2D eigenvalue weighted by Gasteiger charge is -2.08. The molecule has 1 atom stereocenters. The molecule has 6 heteroatoms. The van der Waals surface area contributed by atoms with E-state index in [9.17, 15) is 9.59 Å². The summed E-state index contributed by atoms with van der Waals surface area (Å²) >= 11 is 0. The molecule has 16 heavy (non-hydrogen) atoms. The van der Waals surface area contributed by atoms with Crippen molar-refractivity contribution in [2.45, 2.75) is 19.9 Å². The predicted octanol–water partition coefficient (Wildman–Crippen LogP) is -0.171. The summed E-state index contributed by atoms with van der Waals surface area (Å²) < 4.78 is 8.14. The summed E-state index contributed by atoms with van der Waals surface area (Å²) in [6.07, 6.45) is 5.10. The SMILES string of the molecule is CCOC(=O)C(C(C)=O)n1cc[n+](C)c1.[OH-]. The zero-order valence-corrected chi connectivity index (χ0v) is 9.58. The van der Waals surface area contributed by atoms with Crippen LogP contribution in [-0.2, 0) is 21.4 Å². The van der Waals surface area contributed by atoms with Crippen LogP contribution >= 0.6 is 0 Å². The Balaban J connectivity index is 0.00000225. The summed E-state index contributed by atoms with van der Waals surface area (Å²) in [7, 11) is 1.82. The van der Waals surface area contributed by atoms with Gasteiger partial charge in [-0.3, -0.25) is 4.79 Å². The summed E-state index contributed by atoms with van der Waals surface area (Å²) in [5, 5.41) is 0. The molecule has 0 fully saturated rings. The van der Waals surface area contributed by atoms with Crippen LogP contribution in [0.15, 0.2) is 18.7 Å². The zero-order valence-electron chi connectivity index (χ0n) is 9.58. The van der Waals surface area contributed by atoms with Gasteiger partial charge in [-0.05, 0) is 13.8 Å². The summed E-state index contributed by atoms with van der Waals surface area (Å²) in [5.74, 6) is -0.745. The van der Waals surface area contributed by atoms with Crippen LogP contribution in [0.2, 0.25) is 0 Å². The van der Waals surface area contributed by atoms with E-state index < -0.39 is 12.0 Å². The number of esters is 1. The highest BCUT2D eigenvalue weighted by Gasteiger charge is 2.31. The Morgan fingerprint density at radius 1 is 1.50 bits per heavy atom. The number of Topliss-reactive ketones (excluding diaryl/α,β-unsaturated/α-hetero) is 1. The number of hydrogen-bond donors (Lipinski definition) is 0. The van der Waals surface area contributed by atoms with Crippen molar-refractivity contribution in [3.63, 3.8) is 0 Å². The second-order valence-electron chi connectivity index (χ2n) is 3.29. The first-order valence-corrected chi connectivity index (χ1v) is 4.76. The molecular weight excluding hydrogens is 212 g/mol. The normalized spacial score (nSPS) is 11.4. The Bertz CT molecular complexity index is 373. The van der Waals surface area contributed by atoms with Crippen LogP contribution in [0.25, 0.3) is 0 Å². The van der Waals surface area contributed by atoms with Gasteiger partial charge in [-0.2, -0.15) is 0 Å². The van der Waals surface area contributed by atoms with Crippen molar-refractivity contribution in [1.82, 2.24) is 4.57 Å². The van der Waals surface area contributed by atoms with E-state index >= 15 is 0 Å². The van der Waals surface area contributed by atoms with Crippen molar-refractivity contribution in [2.24, 2.45) is 7.05 Å². The van der Waals surface area contributed by atoms with E-state index in [0.717, 1.165) is 0 Å². The number of carbonyl (C=O) groups excluding carboxylic acids is 2. The van der Waals surface area contributed by atoms with Gasteiger partial charge in [0, 0.05) is 0 Å². The monoisotopic (exact) mass is 228 g/mol. The van der Waals surface area contributed by atoms with E-state index in [-0.39, 0.29) is 17.9 Å². The quantitative estimate of drug-likeness (QED) is 0.407. The summed E-state index contributed by atoms with van der Waals surface area (Å²) in [6, 6.07) is -0.869. The minimum absolute atomic E-state index is 0. The lowest BCUT2D eigenvalue weighted by molar-refractivity contribution is -0.671. The second kappa shape index (κ2) is 6.02. The first kappa shape index (κ1) is 14.3. The molecule has 1 N–H and O–H groups in total. The van der Waals surface area contributed by atoms with Crippen LogP contribution in [0.1, 0.15) is 19.9 Å². The highest BCUT2D eigenvalue weighted by Crippen LogP contribution is 2.08. The van der Waals surface area contributed by atoms with Crippen molar-refractivity contribution in [3.05, 3.63) is 18.7 Å². The fraction of sp³-hybridized carbons (Fsp3) is 0.500. The molecule has 0 radical (unpaired) electrons. The molecule has 1 rings (SSSR count). The largest absolute Gasteiger partial charge is 0.870 e. The number of aromatic nitrogens is 2. The Morgan fingerprint density at radius 3 is 2.50 bits per heavy atom. The smallest absolute Gasteiger partial charge is 0.359 e. The number of nitrogens with zero attached hydrogens (tertiary/aromatic N) is 2. The van der Waals surface area contributed by atoms with Crippen LogP contribution in [0.5, 0.6) is 0 Å². The number of rotatable bonds is 4. The van der Waals surface area contributed by atoms with Crippen molar-refractivity contribution >= 4 is 11.8 Å². The first-order valence-electron chi connectivity index (χ1n) is 4.76. The Kier molecular flexibility index (Phi) is 5.38. The van der Waals surface area contributed by atoms with Gasteiger partial charge in [0.15, 0.2) is 5.78 Å². The fourth-order valence-electron chi connectivity index (χ4n) is 1.34. The van der Waals surface area contributed by atoms with Gasteiger partial charge < -0.3 is 10.2 Å². The average Bonchev–Trinajstić information content (AvgIpc) is 2.51. The molecule has 0 spiro atoms. The molecule has 1 aromatic rings. The summed E-state index contributed by atoms with van der Waals surface area (Å²) in [6.45, 7) is 3.36. The van der Waals surface area contributed by atoms with Gasteiger partial charge >= 0.3 is 5.97 Å². The predicted molar refractivity (Wildman–Crippen MR) is 53.9 cm³/mol. The molecule has 0 aliphatic carbocycles. The van der Waals surface area contributed by atoms with E-state index in [2.05, 4.69) is 0 Å². The van der Waals surface area contributed by atoms with Crippen molar-refractivity contribution in [3.8, 4) is 0 Å². The van der Waals surface area contributed by atoms with Crippen molar-refractivity contribution in [1.29, 1.82) is 0 Å². The van der Waals surface area contributed by atoms with Crippen molar-refractivity contribution in [2.75, 3.05) is 6.61 Å². The molecule has 6 nitrogen and oxygen atoms in total. The molecular formula is C10H16N2O4. The molecule has 0 aliphatic rings. The van der Waals surface area contributed by atoms with E-state index in [0.29, 0.717) is 0 Å². The Hall–Kier alpha value is -1.69. The van der Waals surface area contributed by atoms with Crippen LogP contribution in [0.3, 0.4) is 0 Å². The van der Waals surface area contributed by atoms with Crippen molar-refractivity contribution < 1.29 is 24.4 Å². The lowest BCUT2D eigenvalue weighted by atomic mass is 10.2. The van der Waals surface area contributed by atoms with Crippen LogP contribution < -0.4 is 4.57 Å². The van der Waals surface area contributed by atoms with E-state index in [1.54, 1.807) is 34.8 Å². The van der Waals surface area contributed by atoms with Gasteiger partial charge in [-0.25, -0.2) is 13.9 Å². The first-order chi connectivity index (χ1) is 7.06. The maximum Gasteiger partial charge on any atom is 0.359 e. The average molecular weight is 228 g/mol. The topological polar surface area (TPSA) is 82.2 Å². The summed E-state index contributed by atoms with van der Waals surface area (Å²) in [4.78, 5) is 22.9.